The highest BCUT2D eigenvalue weighted by Gasteiger charge is 2.21. The van der Waals surface area contributed by atoms with Gasteiger partial charge in [0.15, 0.2) is 0 Å². The molecule has 1 aromatic carbocycles. The smallest absolute Gasteiger partial charge is 0.135 e. The van der Waals surface area contributed by atoms with Gasteiger partial charge >= 0.3 is 0 Å². The van der Waals surface area contributed by atoms with Crippen LogP contribution in [-0.2, 0) is 0 Å². The van der Waals surface area contributed by atoms with Crippen LogP contribution in [0.25, 0.3) is 33.3 Å². The van der Waals surface area contributed by atoms with Crippen molar-refractivity contribution in [3.05, 3.63) is 48.2 Å². The van der Waals surface area contributed by atoms with Crippen LogP contribution in [0, 0.1) is 17.8 Å². The normalized spacial score (nSPS) is 15.9. The monoisotopic (exact) mass is 356 g/mol. The molecular formula is C22H20N4O. The number of hydrogen-bond donors (Lipinski definition) is 3. The van der Waals surface area contributed by atoms with E-state index in [9.17, 15) is 5.11 Å². The molecule has 1 saturated carbocycles. The van der Waals surface area contributed by atoms with Gasteiger partial charge in [-0.1, -0.05) is 30.7 Å². The van der Waals surface area contributed by atoms with Crippen LogP contribution in [0.5, 0.6) is 0 Å². The first-order valence-electron chi connectivity index (χ1n) is 9.40. The molecule has 1 aliphatic carbocycles. The second kappa shape index (κ2) is 6.57. The van der Waals surface area contributed by atoms with Crippen LogP contribution < -0.4 is 0 Å². The molecule has 0 amide bonds. The van der Waals surface area contributed by atoms with Crippen molar-refractivity contribution in [3.63, 3.8) is 0 Å². The van der Waals surface area contributed by atoms with Crippen LogP contribution in [0.2, 0.25) is 0 Å². The van der Waals surface area contributed by atoms with E-state index in [0.717, 1.165) is 51.7 Å². The summed E-state index contributed by atoms with van der Waals surface area (Å²) in [5.41, 5.74) is 5.40. The van der Waals surface area contributed by atoms with Crippen LogP contribution in [0.4, 0.5) is 0 Å². The third-order valence-electron chi connectivity index (χ3n) is 5.41. The molecule has 0 unspecified atom stereocenters. The Morgan fingerprint density at radius 3 is 2.89 bits per heavy atom. The number of nitrogens with zero attached hydrogens (tertiary/aromatic N) is 2. The Labute approximate surface area is 156 Å². The Bertz CT molecular complexity index is 1170. The zero-order valence-electron chi connectivity index (χ0n) is 14.9. The number of rotatable bonds is 2. The molecule has 27 heavy (non-hydrogen) atoms. The maximum absolute atomic E-state index is 10.3. The number of pyridine rings is 1. The lowest BCUT2D eigenvalue weighted by Gasteiger charge is -2.10. The minimum absolute atomic E-state index is 0.332. The molecule has 134 valence electrons. The highest BCUT2D eigenvalue weighted by molar-refractivity contribution is 5.93. The molecule has 1 atom stereocenters. The fraction of sp³-hybridized carbons (Fsp3) is 0.273. The minimum Gasteiger partial charge on any atom is -0.380 e. The first kappa shape index (κ1) is 16.1. The van der Waals surface area contributed by atoms with Gasteiger partial charge in [0.1, 0.15) is 17.3 Å². The number of aromatic amines is 2. The molecule has 0 aliphatic heterocycles. The molecular weight excluding hydrogens is 336 g/mol. The Hall–Kier alpha value is -3.10. The summed E-state index contributed by atoms with van der Waals surface area (Å²) in [7, 11) is 0. The Kier molecular flexibility index (Phi) is 3.92. The van der Waals surface area contributed by atoms with Gasteiger partial charge in [0, 0.05) is 22.7 Å². The average molecular weight is 356 g/mol. The van der Waals surface area contributed by atoms with Gasteiger partial charge in [-0.2, -0.15) is 5.10 Å². The van der Waals surface area contributed by atoms with Crippen molar-refractivity contribution >= 4 is 21.9 Å². The molecule has 3 aromatic heterocycles. The van der Waals surface area contributed by atoms with Crippen molar-refractivity contribution < 1.29 is 5.11 Å². The zero-order chi connectivity index (χ0) is 18.2. The molecule has 5 heteroatoms. The van der Waals surface area contributed by atoms with Crippen LogP contribution in [0.15, 0.2) is 42.6 Å². The van der Waals surface area contributed by atoms with E-state index in [-0.39, 0.29) is 0 Å². The van der Waals surface area contributed by atoms with Crippen molar-refractivity contribution in [1.82, 2.24) is 20.2 Å². The van der Waals surface area contributed by atoms with Gasteiger partial charge in [-0.25, -0.2) is 0 Å². The first-order chi connectivity index (χ1) is 13.3. The van der Waals surface area contributed by atoms with E-state index in [1.165, 1.54) is 12.8 Å². The van der Waals surface area contributed by atoms with E-state index in [2.05, 4.69) is 38.1 Å². The Morgan fingerprint density at radius 1 is 1.11 bits per heavy atom. The van der Waals surface area contributed by atoms with E-state index in [4.69, 9.17) is 0 Å². The van der Waals surface area contributed by atoms with E-state index < -0.39 is 6.10 Å². The molecule has 0 saturated heterocycles. The van der Waals surface area contributed by atoms with Crippen molar-refractivity contribution in [2.24, 2.45) is 5.92 Å². The predicted molar refractivity (Wildman–Crippen MR) is 106 cm³/mol. The molecule has 0 spiro atoms. The lowest BCUT2D eigenvalue weighted by atomic mass is 10.0. The molecule has 5 nitrogen and oxygen atoms in total. The van der Waals surface area contributed by atoms with Gasteiger partial charge in [-0.15, -0.1) is 0 Å². The summed E-state index contributed by atoms with van der Waals surface area (Å²) in [6.45, 7) is 0. The van der Waals surface area contributed by atoms with Crippen LogP contribution in [0.3, 0.4) is 0 Å². The second-order valence-electron chi connectivity index (χ2n) is 7.22. The summed E-state index contributed by atoms with van der Waals surface area (Å²) in [5.74, 6) is 6.49. The second-order valence-corrected chi connectivity index (χ2v) is 7.22. The van der Waals surface area contributed by atoms with Crippen molar-refractivity contribution in [3.8, 4) is 23.2 Å². The number of aromatic nitrogens is 4. The summed E-state index contributed by atoms with van der Waals surface area (Å²) in [4.78, 5) is 7.85. The van der Waals surface area contributed by atoms with Crippen LogP contribution in [0.1, 0.15) is 31.2 Å². The Morgan fingerprint density at radius 2 is 2.00 bits per heavy atom. The summed E-state index contributed by atoms with van der Waals surface area (Å²) in [6.07, 6.45) is 5.83. The summed E-state index contributed by atoms with van der Waals surface area (Å²) < 4.78 is 0. The highest BCUT2D eigenvalue weighted by atomic mass is 16.3. The molecule has 1 aliphatic rings. The highest BCUT2D eigenvalue weighted by Crippen LogP contribution is 2.28. The lowest BCUT2D eigenvalue weighted by molar-refractivity contribution is 0.165. The lowest BCUT2D eigenvalue weighted by Crippen LogP contribution is -2.14. The SMILES string of the molecule is O[C@H](C#Cc1ccc2cc(-c3n[nH]c4cccnc34)[nH]c2c1)C1CCCC1. The molecule has 5 rings (SSSR count). The molecule has 0 radical (unpaired) electrons. The first-order valence-corrected chi connectivity index (χ1v) is 9.40. The number of aliphatic hydroxyl groups excluding tert-OH is 1. The molecule has 4 aromatic rings. The van der Waals surface area contributed by atoms with E-state index in [1.54, 1.807) is 6.20 Å². The standard InChI is InChI=1S/C22H20N4O/c27-20(15-4-1-2-5-15)10-8-14-7-9-16-13-19(24-18(16)12-14)22-21-17(25-26-22)6-3-11-23-21/h3,6-7,9,11-13,15,20,24,27H,1-2,4-5H2,(H,25,26)/t20-/m1/s1. The van der Waals surface area contributed by atoms with Crippen LogP contribution >= 0.6 is 0 Å². The quantitative estimate of drug-likeness (QED) is 0.475. The maximum Gasteiger partial charge on any atom is 0.135 e. The average Bonchev–Trinajstić information content (AvgIpc) is 3.44. The molecule has 3 heterocycles. The van der Waals surface area contributed by atoms with Crippen molar-refractivity contribution in [2.45, 2.75) is 31.8 Å². The van der Waals surface area contributed by atoms with Gasteiger partial charge in [-0.3, -0.25) is 10.1 Å². The van der Waals surface area contributed by atoms with Gasteiger partial charge in [0.05, 0.1) is 11.2 Å². The summed E-state index contributed by atoms with van der Waals surface area (Å²) >= 11 is 0. The van der Waals surface area contributed by atoms with Gasteiger partial charge in [0.2, 0.25) is 0 Å². The number of benzene rings is 1. The van der Waals surface area contributed by atoms with Crippen LogP contribution in [-0.4, -0.2) is 31.4 Å². The van der Waals surface area contributed by atoms with Crippen molar-refractivity contribution in [1.29, 1.82) is 0 Å². The van der Waals surface area contributed by atoms with E-state index >= 15 is 0 Å². The van der Waals surface area contributed by atoms with Gasteiger partial charge in [-0.05, 0) is 49.1 Å². The largest absolute Gasteiger partial charge is 0.380 e. The molecule has 0 bridgehead atoms. The zero-order valence-corrected chi connectivity index (χ0v) is 14.9. The number of aliphatic hydroxyl groups is 1. The summed E-state index contributed by atoms with van der Waals surface area (Å²) in [5, 5.41) is 18.8. The Balaban J connectivity index is 1.47. The third-order valence-corrected chi connectivity index (χ3v) is 5.41. The third kappa shape index (κ3) is 2.98. The van der Waals surface area contributed by atoms with Gasteiger partial charge < -0.3 is 10.1 Å². The van der Waals surface area contributed by atoms with Gasteiger partial charge in [0.25, 0.3) is 0 Å². The molecule has 3 N–H and O–H groups in total. The predicted octanol–water partition coefficient (Wildman–Crippen LogP) is 4.01. The molecule has 1 fully saturated rings. The number of nitrogens with one attached hydrogen (secondary N) is 2. The number of hydrogen-bond acceptors (Lipinski definition) is 3. The topological polar surface area (TPSA) is 77.6 Å². The van der Waals surface area contributed by atoms with E-state index in [0.29, 0.717) is 5.92 Å². The minimum atomic E-state index is -0.524. The number of H-pyrrole nitrogens is 2. The number of fused-ring (bicyclic) bond motifs is 2. The summed E-state index contributed by atoms with van der Waals surface area (Å²) in [6, 6.07) is 12.0. The fourth-order valence-electron chi connectivity index (χ4n) is 3.92. The maximum atomic E-state index is 10.3. The van der Waals surface area contributed by atoms with Crippen molar-refractivity contribution in [2.75, 3.05) is 0 Å². The van der Waals surface area contributed by atoms with E-state index in [1.807, 2.05) is 30.3 Å². The fourth-order valence-corrected chi connectivity index (χ4v) is 3.92.